The fourth-order valence-electron chi connectivity index (χ4n) is 1.63. The van der Waals surface area contributed by atoms with Crippen molar-refractivity contribution in [3.8, 4) is 0 Å². The Morgan fingerprint density at radius 2 is 2.25 bits per heavy atom. The molecule has 1 atom stereocenters. The van der Waals surface area contributed by atoms with Gasteiger partial charge in [-0.25, -0.2) is 0 Å². The van der Waals surface area contributed by atoms with E-state index in [0.29, 0.717) is 6.54 Å². The number of hydrogen-bond acceptors (Lipinski definition) is 3. The van der Waals surface area contributed by atoms with Gasteiger partial charge in [0.2, 0.25) is 5.91 Å². The van der Waals surface area contributed by atoms with Crippen molar-refractivity contribution >= 4 is 5.91 Å². The molecule has 5 nitrogen and oxygen atoms in total. The molecule has 1 heterocycles. The van der Waals surface area contributed by atoms with E-state index in [4.69, 9.17) is 5.73 Å². The Kier molecular flexibility index (Phi) is 4.49. The van der Waals surface area contributed by atoms with Crippen molar-refractivity contribution in [2.75, 3.05) is 7.05 Å². The summed E-state index contributed by atoms with van der Waals surface area (Å²) in [7, 11) is 1.73. The number of aromatic nitrogens is 2. The lowest BCUT2D eigenvalue weighted by molar-refractivity contribution is -0.120. The Hall–Kier alpha value is -1.36. The van der Waals surface area contributed by atoms with Gasteiger partial charge in [-0.3, -0.25) is 9.48 Å². The van der Waals surface area contributed by atoms with Gasteiger partial charge >= 0.3 is 0 Å². The number of carbonyl (C=O) groups excluding carboxylic acids is 1. The van der Waals surface area contributed by atoms with Crippen LogP contribution in [0.5, 0.6) is 0 Å². The normalized spacial score (nSPS) is 12.7. The number of carbonyl (C=O) groups is 1. The van der Waals surface area contributed by atoms with Gasteiger partial charge in [-0.05, 0) is 26.0 Å². The molecule has 3 N–H and O–H groups in total. The molecule has 1 amide bonds. The summed E-state index contributed by atoms with van der Waals surface area (Å²) in [6, 6.07) is 1.71. The van der Waals surface area contributed by atoms with Crippen LogP contribution in [0.25, 0.3) is 0 Å². The number of likely N-dealkylation sites (N-methyl/N-ethyl adjacent to an activating group) is 1. The highest BCUT2D eigenvalue weighted by molar-refractivity contribution is 5.79. The van der Waals surface area contributed by atoms with Gasteiger partial charge in [-0.15, -0.1) is 0 Å². The number of primary amides is 1. The molecule has 0 aromatic carbocycles. The van der Waals surface area contributed by atoms with Crippen LogP contribution in [0, 0.1) is 0 Å². The minimum absolute atomic E-state index is 0.349. The molecule has 90 valence electrons. The number of nitrogens with one attached hydrogen (secondary N) is 1. The maximum absolute atomic E-state index is 11.1. The Morgan fingerprint density at radius 3 is 2.69 bits per heavy atom. The van der Waals surface area contributed by atoms with Crippen LogP contribution in [0.15, 0.2) is 6.07 Å². The smallest absolute Gasteiger partial charge is 0.236 e. The molecule has 0 spiro atoms. The average molecular weight is 224 g/mol. The van der Waals surface area contributed by atoms with Gasteiger partial charge in [0.25, 0.3) is 0 Å². The highest BCUT2D eigenvalue weighted by Gasteiger charge is 2.15. The number of amides is 1. The zero-order valence-electron chi connectivity index (χ0n) is 10.2. The van der Waals surface area contributed by atoms with Gasteiger partial charge in [0, 0.05) is 5.69 Å². The Morgan fingerprint density at radius 1 is 1.56 bits per heavy atom. The van der Waals surface area contributed by atoms with Crippen LogP contribution >= 0.6 is 0 Å². The number of hydrogen-bond donors (Lipinski definition) is 2. The second-order valence-corrected chi connectivity index (χ2v) is 3.76. The molecular formula is C11H20N4O. The molecule has 1 rings (SSSR count). The van der Waals surface area contributed by atoms with Gasteiger partial charge in [-0.1, -0.05) is 13.8 Å². The number of nitrogens with zero attached hydrogens (tertiary/aromatic N) is 2. The molecule has 1 aromatic heterocycles. The van der Waals surface area contributed by atoms with E-state index in [1.807, 2.05) is 4.68 Å². The summed E-state index contributed by atoms with van der Waals surface area (Å²) < 4.78 is 1.87. The van der Waals surface area contributed by atoms with Crippen molar-refractivity contribution in [2.45, 2.75) is 39.3 Å². The molecule has 5 heteroatoms. The van der Waals surface area contributed by atoms with E-state index in [1.165, 1.54) is 0 Å². The monoisotopic (exact) mass is 224 g/mol. The van der Waals surface area contributed by atoms with Crippen LogP contribution in [0.4, 0.5) is 0 Å². The Bertz CT molecular complexity index is 359. The van der Waals surface area contributed by atoms with Gasteiger partial charge in [-0.2, -0.15) is 5.10 Å². The first kappa shape index (κ1) is 12.7. The molecule has 0 saturated carbocycles. The third-order valence-corrected chi connectivity index (χ3v) is 2.69. The van der Waals surface area contributed by atoms with E-state index in [2.05, 4.69) is 30.3 Å². The van der Waals surface area contributed by atoms with Crippen LogP contribution in [-0.4, -0.2) is 28.8 Å². The number of nitrogens with two attached hydrogens (primary N) is 1. The molecule has 16 heavy (non-hydrogen) atoms. The lowest BCUT2D eigenvalue weighted by Crippen LogP contribution is -2.42. The second-order valence-electron chi connectivity index (χ2n) is 3.76. The molecular weight excluding hydrogens is 204 g/mol. The summed E-state index contributed by atoms with van der Waals surface area (Å²) in [4.78, 5) is 11.1. The van der Waals surface area contributed by atoms with Crippen LogP contribution in [-0.2, 0) is 24.2 Å². The highest BCUT2D eigenvalue weighted by Crippen LogP contribution is 2.07. The van der Waals surface area contributed by atoms with Gasteiger partial charge in [0.15, 0.2) is 0 Å². The van der Waals surface area contributed by atoms with E-state index in [1.54, 1.807) is 7.05 Å². The summed E-state index contributed by atoms with van der Waals surface area (Å²) in [5.41, 5.74) is 7.47. The standard InChI is InChI=1S/C11H20N4O/c1-4-8-6-9(5-2)15(14-8)7-10(13-3)11(12)16/h6,10,13H,4-5,7H2,1-3H3,(H2,12,16). The quantitative estimate of drug-likeness (QED) is 0.719. The molecule has 1 unspecified atom stereocenters. The second kappa shape index (κ2) is 5.65. The zero-order chi connectivity index (χ0) is 12.1. The summed E-state index contributed by atoms with van der Waals surface area (Å²) in [5, 5.41) is 7.33. The van der Waals surface area contributed by atoms with Crippen molar-refractivity contribution in [1.29, 1.82) is 0 Å². The summed E-state index contributed by atoms with van der Waals surface area (Å²) >= 11 is 0. The molecule has 0 bridgehead atoms. The maximum atomic E-state index is 11.1. The third kappa shape index (κ3) is 2.82. The maximum Gasteiger partial charge on any atom is 0.236 e. The largest absolute Gasteiger partial charge is 0.368 e. The topological polar surface area (TPSA) is 72.9 Å². The summed E-state index contributed by atoms with van der Waals surface area (Å²) in [6.45, 7) is 4.64. The van der Waals surface area contributed by atoms with Gasteiger partial charge in [0.05, 0.1) is 12.2 Å². The van der Waals surface area contributed by atoms with Crippen molar-refractivity contribution in [2.24, 2.45) is 5.73 Å². The zero-order valence-corrected chi connectivity index (χ0v) is 10.2. The predicted molar refractivity (Wildman–Crippen MR) is 63.0 cm³/mol. The first-order chi connectivity index (χ1) is 7.62. The van der Waals surface area contributed by atoms with E-state index in [-0.39, 0.29) is 11.9 Å². The minimum atomic E-state index is -0.366. The molecule has 0 saturated heterocycles. The molecule has 0 fully saturated rings. The molecule has 0 aliphatic heterocycles. The lowest BCUT2D eigenvalue weighted by atomic mass is 10.2. The van der Waals surface area contributed by atoms with Crippen LogP contribution in [0.1, 0.15) is 25.2 Å². The Labute approximate surface area is 96.0 Å². The van der Waals surface area contributed by atoms with Crippen LogP contribution in [0.3, 0.4) is 0 Å². The Balaban J connectivity index is 2.85. The van der Waals surface area contributed by atoms with E-state index in [0.717, 1.165) is 24.2 Å². The van der Waals surface area contributed by atoms with E-state index < -0.39 is 0 Å². The fourth-order valence-corrected chi connectivity index (χ4v) is 1.63. The third-order valence-electron chi connectivity index (χ3n) is 2.69. The van der Waals surface area contributed by atoms with E-state index in [9.17, 15) is 4.79 Å². The summed E-state index contributed by atoms with van der Waals surface area (Å²) in [5.74, 6) is -0.349. The first-order valence-electron chi connectivity index (χ1n) is 5.64. The van der Waals surface area contributed by atoms with Crippen molar-refractivity contribution in [1.82, 2.24) is 15.1 Å². The molecule has 0 aliphatic carbocycles. The molecule has 0 radical (unpaired) electrons. The summed E-state index contributed by atoms with van der Waals surface area (Å²) in [6.07, 6.45) is 1.81. The highest BCUT2D eigenvalue weighted by atomic mass is 16.1. The SMILES string of the molecule is CCc1cc(CC)n(CC(NC)C(N)=O)n1. The van der Waals surface area contributed by atoms with Gasteiger partial charge in [0.1, 0.15) is 6.04 Å². The minimum Gasteiger partial charge on any atom is -0.368 e. The number of rotatable bonds is 6. The van der Waals surface area contributed by atoms with Crippen molar-refractivity contribution in [3.05, 3.63) is 17.5 Å². The van der Waals surface area contributed by atoms with Crippen molar-refractivity contribution < 1.29 is 4.79 Å². The first-order valence-corrected chi connectivity index (χ1v) is 5.64. The lowest BCUT2D eigenvalue weighted by Gasteiger charge is -2.13. The fraction of sp³-hybridized carbons (Fsp3) is 0.636. The van der Waals surface area contributed by atoms with E-state index >= 15 is 0 Å². The van der Waals surface area contributed by atoms with Crippen LogP contribution in [0.2, 0.25) is 0 Å². The average Bonchev–Trinajstić information content (AvgIpc) is 2.67. The van der Waals surface area contributed by atoms with Crippen LogP contribution < -0.4 is 11.1 Å². The van der Waals surface area contributed by atoms with Gasteiger partial charge < -0.3 is 11.1 Å². The van der Waals surface area contributed by atoms with Crippen molar-refractivity contribution in [3.63, 3.8) is 0 Å². The molecule has 0 aliphatic rings. The number of aryl methyl sites for hydroxylation is 2. The molecule has 1 aromatic rings. The predicted octanol–water partition coefficient (Wildman–Crippen LogP) is 0.0812.